The fourth-order valence-electron chi connectivity index (χ4n) is 5.88. The van der Waals surface area contributed by atoms with Crippen molar-refractivity contribution in [3.63, 3.8) is 0 Å². The molecule has 6 rings (SSSR count). The maximum absolute atomic E-state index is 13.7. The van der Waals surface area contributed by atoms with Crippen LogP contribution in [0, 0.1) is 18.6 Å². The number of hydrogen-bond acceptors (Lipinski definition) is 9. The predicted octanol–water partition coefficient (Wildman–Crippen LogP) is 5.25. The van der Waals surface area contributed by atoms with Crippen molar-refractivity contribution in [3.8, 4) is 11.5 Å². The molecular weight excluding hydrogens is 614 g/mol. The minimum atomic E-state index is -0.619. The average molecular weight is 655 g/mol. The van der Waals surface area contributed by atoms with Crippen molar-refractivity contribution in [2.45, 2.75) is 26.1 Å². The Bertz CT molecular complexity index is 1780. The molecule has 1 unspecified atom stereocenters. The van der Waals surface area contributed by atoms with Crippen LogP contribution >= 0.6 is 0 Å². The minimum Gasteiger partial charge on any atom is -0.497 e. The molecule has 0 saturated carbocycles. The number of ether oxygens (including phenoxy) is 2. The number of methoxy groups -OCH3 is 2. The van der Waals surface area contributed by atoms with Gasteiger partial charge in [-0.2, -0.15) is 5.10 Å². The van der Waals surface area contributed by atoms with Gasteiger partial charge in [0.15, 0.2) is 0 Å². The van der Waals surface area contributed by atoms with E-state index in [2.05, 4.69) is 17.1 Å². The third-order valence-electron chi connectivity index (χ3n) is 8.66. The first kappa shape index (κ1) is 32.9. The molecular formula is C36H40F2N8O2. The van der Waals surface area contributed by atoms with Crippen molar-refractivity contribution in [3.05, 3.63) is 113 Å². The Balaban J connectivity index is 1.15. The summed E-state index contributed by atoms with van der Waals surface area (Å²) >= 11 is 0. The fraction of sp³-hybridized carbons (Fsp3) is 0.306. The van der Waals surface area contributed by atoms with Gasteiger partial charge < -0.3 is 14.4 Å². The van der Waals surface area contributed by atoms with Crippen LogP contribution < -0.4 is 20.2 Å². The van der Waals surface area contributed by atoms with Crippen LogP contribution in [0.5, 0.6) is 11.5 Å². The van der Waals surface area contributed by atoms with E-state index in [4.69, 9.17) is 30.4 Å². The van der Waals surface area contributed by atoms with Crippen LogP contribution in [0.25, 0.3) is 6.08 Å². The molecule has 0 spiro atoms. The number of amidine groups is 2. The fourth-order valence-corrected chi connectivity index (χ4v) is 5.88. The molecule has 0 radical (unpaired) electrons. The van der Waals surface area contributed by atoms with Crippen LogP contribution in [-0.4, -0.2) is 78.3 Å². The van der Waals surface area contributed by atoms with Gasteiger partial charge in [0, 0.05) is 68.6 Å². The highest BCUT2D eigenvalue weighted by molar-refractivity contribution is 6.00. The normalized spacial score (nSPS) is 17.1. The Labute approximate surface area is 279 Å². The van der Waals surface area contributed by atoms with E-state index in [9.17, 15) is 8.78 Å². The molecule has 2 aliphatic rings. The number of anilines is 1. The summed E-state index contributed by atoms with van der Waals surface area (Å²) in [6.45, 7) is 5.70. The van der Waals surface area contributed by atoms with Crippen LogP contribution in [0.15, 0.2) is 89.0 Å². The number of hydrazine groups is 1. The molecule has 3 heterocycles. The molecule has 2 N–H and O–H groups in total. The largest absolute Gasteiger partial charge is 0.497 e. The van der Waals surface area contributed by atoms with Gasteiger partial charge in [-0.3, -0.25) is 9.91 Å². The van der Waals surface area contributed by atoms with Crippen molar-refractivity contribution in [2.75, 3.05) is 51.8 Å². The van der Waals surface area contributed by atoms with Gasteiger partial charge in [0.1, 0.15) is 34.8 Å². The summed E-state index contributed by atoms with van der Waals surface area (Å²) < 4.78 is 39.9. The Morgan fingerprint density at radius 1 is 0.854 bits per heavy atom. The van der Waals surface area contributed by atoms with Crippen molar-refractivity contribution in [1.82, 2.24) is 19.7 Å². The summed E-state index contributed by atoms with van der Waals surface area (Å²) in [6.07, 6.45) is 6.41. The van der Waals surface area contributed by atoms with Gasteiger partial charge in [-0.1, -0.05) is 36.4 Å². The average Bonchev–Trinajstić information content (AvgIpc) is 3.46. The molecule has 4 aromatic rings. The van der Waals surface area contributed by atoms with Gasteiger partial charge in [0.2, 0.25) is 6.29 Å². The first-order valence-corrected chi connectivity index (χ1v) is 15.9. The Morgan fingerprint density at radius 3 is 2.06 bits per heavy atom. The standard InChI is InChI=1S/C36H40F2N8O2/c1-25-28(5-4-14-43-15-17-44(18-16-43)31-22-29(37)21-30(38)23-31)24-40-46(25)36-42-34(19-26-6-10-32(47-2)11-7-26)41-35(45(36)39)20-27-8-12-33(48-3)13-9-27/h4-13,21-24,36H,14-20,39H2,1-3H3. The molecule has 1 atom stereocenters. The van der Waals surface area contributed by atoms with E-state index in [0.717, 1.165) is 59.6 Å². The van der Waals surface area contributed by atoms with Crippen LogP contribution in [0.4, 0.5) is 14.5 Å². The van der Waals surface area contributed by atoms with Crippen LogP contribution in [0.3, 0.4) is 0 Å². The van der Waals surface area contributed by atoms with Gasteiger partial charge >= 0.3 is 0 Å². The maximum Gasteiger partial charge on any atom is 0.234 e. The summed E-state index contributed by atoms with van der Waals surface area (Å²) in [5.74, 6) is 8.51. The van der Waals surface area contributed by atoms with Crippen molar-refractivity contribution in [1.29, 1.82) is 0 Å². The van der Waals surface area contributed by atoms with Gasteiger partial charge in [0.25, 0.3) is 0 Å². The van der Waals surface area contributed by atoms with E-state index in [1.807, 2.05) is 71.2 Å². The first-order valence-electron chi connectivity index (χ1n) is 15.9. The molecule has 1 aromatic heterocycles. The predicted molar refractivity (Wildman–Crippen MR) is 184 cm³/mol. The molecule has 48 heavy (non-hydrogen) atoms. The highest BCUT2D eigenvalue weighted by Crippen LogP contribution is 2.25. The van der Waals surface area contributed by atoms with Gasteiger partial charge in [-0.15, -0.1) is 0 Å². The van der Waals surface area contributed by atoms with Gasteiger partial charge in [-0.05, 0) is 54.4 Å². The quantitative estimate of drug-likeness (QED) is 0.221. The molecule has 0 amide bonds. The molecule has 1 saturated heterocycles. The summed E-state index contributed by atoms with van der Waals surface area (Å²) in [5.41, 5.74) is 4.55. The summed E-state index contributed by atoms with van der Waals surface area (Å²) in [7, 11) is 3.29. The Morgan fingerprint density at radius 2 is 1.46 bits per heavy atom. The van der Waals surface area contributed by atoms with E-state index in [-0.39, 0.29) is 0 Å². The number of benzene rings is 3. The Hall–Kier alpha value is -5.07. The van der Waals surface area contributed by atoms with E-state index in [1.54, 1.807) is 19.2 Å². The smallest absolute Gasteiger partial charge is 0.234 e. The topological polar surface area (TPSA) is 96.7 Å². The molecule has 0 aliphatic carbocycles. The number of halogens is 2. The maximum atomic E-state index is 13.7. The first-order chi connectivity index (χ1) is 23.3. The zero-order chi connectivity index (χ0) is 33.6. The molecule has 250 valence electrons. The zero-order valence-electron chi connectivity index (χ0n) is 27.4. The van der Waals surface area contributed by atoms with Gasteiger partial charge in [-0.25, -0.2) is 29.3 Å². The SMILES string of the molecule is COc1ccc(CC2=NC(n3ncc(C=CCN4CCN(c5cc(F)cc(F)c5)CC4)c3C)N(N)C(Cc3ccc(OC)cc3)=N2)cc1. The summed E-state index contributed by atoms with van der Waals surface area (Å²) in [6, 6.07) is 19.4. The Kier molecular flexibility index (Phi) is 10.1. The minimum absolute atomic E-state index is 0.507. The van der Waals surface area contributed by atoms with Crippen LogP contribution in [0.1, 0.15) is 28.7 Å². The lowest BCUT2D eigenvalue weighted by Crippen LogP contribution is -2.47. The highest BCUT2D eigenvalue weighted by atomic mass is 19.1. The second kappa shape index (κ2) is 14.8. The number of piperazine rings is 1. The third kappa shape index (κ3) is 7.72. The number of hydrogen-bond donors (Lipinski definition) is 1. The summed E-state index contributed by atoms with van der Waals surface area (Å²) in [4.78, 5) is 14.2. The number of aliphatic imine (C=N–C) groups is 2. The molecule has 0 bridgehead atoms. The number of rotatable bonds is 11. The lowest BCUT2D eigenvalue weighted by molar-refractivity contribution is 0.220. The number of nitrogens with zero attached hydrogens (tertiary/aromatic N) is 7. The van der Waals surface area contributed by atoms with E-state index in [0.29, 0.717) is 43.3 Å². The van der Waals surface area contributed by atoms with Gasteiger partial charge in [0.05, 0.1) is 20.4 Å². The lowest BCUT2D eigenvalue weighted by atomic mass is 10.1. The van der Waals surface area contributed by atoms with E-state index in [1.165, 1.54) is 12.1 Å². The molecule has 3 aromatic carbocycles. The number of nitrogens with two attached hydrogens (primary N) is 1. The van der Waals surface area contributed by atoms with Crippen LogP contribution in [0.2, 0.25) is 0 Å². The third-order valence-corrected chi connectivity index (χ3v) is 8.66. The summed E-state index contributed by atoms with van der Waals surface area (Å²) in [5, 5.41) is 6.29. The van der Waals surface area contributed by atoms with Crippen LogP contribution in [-0.2, 0) is 12.8 Å². The van der Waals surface area contributed by atoms with Crippen molar-refractivity contribution >= 4 is 23.4 Å². The highest BCUT2D eigenvalue weighted by Gasteiger charge is 2.28. The lowest BCUT2D eigenvalue weighted by Gasteiger charge is -2.35. The molecule has 10 nitrogen and oxygen atoms in total. The van der Waals surface area contributed by atoms with Crippen molar-refractivity contribution in [2.24, 2.45) is 15.8 Å². The molecule has 1 fully saturated rings. The second-order valence-corrected chi connectivity index (χ2v) is 11.8. The van der Waals surface area contributed by atoms with Crippen molar-refractivity contribution < 1.29 is 18.3 Å². The monoisotopic (exact) mass is 654 g/mol. The van der Waals surface area contributed by atoms with E-state index < -0.39 is 17.9 Å². The zero-order valence-corrected chi connectivity index (χ0v) is 27.4. The van der Waals surface area contributed by atoms with E-state index >= 15 is 0 Å². The molecule has 2 aliphatic heterocycles. The number of aromatic nitrogens is 2. The molecule has 12 heteroatoms. The second-order valence-electron chi connectivity index (χ2n) is 11.8.